The van der Waals surface area contributed by atoms with Crippen molar-refractivity contribution in [1.82, 2.24) is 15.2 Å². The van der Waals surface area contributed by atoms with Gasteiger partial charge in [-0.05, 0) is 54.3 Å². The fourth-order valence-corrected chi connectivity index (χ4v) is 2.83. The number of aromatic nitrogens is 1. The average Bonchev–Trinajstić information content (AvgIpc) is 2.45. The van der Waals surface area contributed by atoms with Crippen LogP contribution in [0.1, 0.15) is 23.2 Å². The Kier molecular flexibility index (Phi) is 5.33. The Hall–Kier alpha value is -1.18. The van der Waals surface area contributed by atoms with Crippen LogP contribution >= 0.6 is 15.9 Å². The summed E-state index contributed by atoms with van der Waals surface area (Å²) < 4.78 is 0.749. The highest BCUT2D eigenvalue weighted by Gasteiger charge is 2.19. The molecule has 0 aromatic carbocycles. The topological polar surface area (TPSA) is 83.3 Å². The highest BCUT2D eigenvalue weighted by atomic mass is 79.9. The summed E-state index contributed by atoms with van der Waals surface area (Å²) in [6.45, 7) is 2.85. The molecule has 1 saturated heterocycles. The van der Waals surface area contributed by atoms with E-state index in [1.54, 1.807) is 12.3 Å². The zero-order chi connectivity index (χ0) is 14.5. The summed E-state index contributed by atoms with van der Waals surface area (Å²) in [4.78, 5) is 18.6. The number of hydrogen-bond acceptors (Lipinski definition) is 5. The number of pyridine rings is 1. The lowest BCUT2D eigenvalue weighted by molar-refractivity contribution is 0.0937. The Morgan fingerprint density at radius 3 is 3.15 bits per heavy atom. The van der Waals surface area contributed by atoms with Gasteiger partial charge >= 0.3 is 0 Å². The Balaban J connectivity index is 1.96. The predicted molar refractivity (Wildman–Crippen MR) is 82.3 cm³/mol. The van der Waals surface area contributed by atoms with Crippen LogP contribution in [0.5, 0.6) is 0 Å². The van der Waals surface area contributed by atoms with Crippen LogP contribution < -0.4 is 16.6 Å². The van der Waals surface area contributed by atoms with E-state index in [-0.39, 0.29) is 5.91 Å². The minimum Gasteiger partial charge on any atom is -0.352 e. The van der Waals surface area contributed by atoms with E-state index in [1.807, 2.05) is 0 Å². The van der Waals surface area contributed by atoms with Crippen LogP contribution in [0.4, 0.5) is 5.82 Å². The number of piperidine rings is 1. The van der Waals surface area contributed by atoms with E-state index < -0.39 is 0 Å². The van der Waals surface area contributed by atoms with Crippen LogP contribution in [0.2, 0.25) is 0 Å². The normalized spacial score (nSPS) is 19.6. The Labute approximate surface area is 127 Å². The molecule has 1 fully saturated rings. The molecule has 1 aliphatic rings. The summed E-state index contributed by atoms with van der Waals surface area (Å²) in [6, 6.07) is 1.71. The van der Waals surface area contributed by atoms with Crippen molar-refractivity contribution in [2.45, 2.75) is 12.8 Å². The number of likely N-dealkylation sites (tertiary alicyclic amines) is 1. The molecule has 7 heteroatoms. The number of carbonyl (C=O) groups excluding carboxylic acids is 1. The molecule has 4 N–H and O–H groups in total. The van der Waals surface area contributed by atoms with Gasteiger partial charge in [0.05, 0.1) is 5.56 Å². The van der Waals surface area contributed by atoms with Crippen molar-refractivity contribution in [1.29, 1.82) is 0 Å². The number of nitrogens with one attached hydrogen (secondary N) is 2. The number of hydrazine groups is 1. The summed E-state index contributed by atoms with van der Waals surface area (Å²) in [5.74, 6) is 6.12. The van der Waals surface area contributed by atoms with Gasteiger partial charge in [-0.3, -0.25) is 4.79 Å². The van der Waals surface area contributed by atoms with Crippen LogP contribution in [0.15, 0.2) is 16.7 Å². The standard InChI is InChI=1S/C13H20BrN5O/c1-19-4-2-3-9(8-19)6-17-13(20)11-5-10(14)7-16-12(11)18-15/h5,7,9H,2-4,6,8,15H2,1H3,(H,16,18)(H,17,20). The fraction of sp³-hybridized carbons (Fsp3) is 0.538. The summed E-state index contributed by atoms with van der Waals surface area (Å²) in [7, 11) is 2.11. The van der Waals surface area contributed by atoms with E-state index in [2.05, 4.69) is 43.6 Å². The number of rotatable bonds is 4. The van der Waals surface area contributed by atoms with Gasteiger partial charge in [-0.2, -0.15) is 0 Å². The molecule has 2 heterocycles. The van der Waals surface area contributed by atoms with Gasteiger partial charge in [0.25, 0.3) is 5.91 Å². The van der Waals surface area contributed by atoms with Gasteiger partial charge in [0.1, 0.15) is 0 Å². The van der Waals surface area contributed by atoms with E-state index in [0.29, 0.717) is 23.8 Å². The maximum Gasteiger partial charge on any atom is 0.255 e. The molecule has 1 amide bonds. The first-order valence-corrected chi connectivity index (χ1v) is 7.48. The molecule has 1 unspecified atom stereocenters. The molecule has 1 aliphatic heterocycles. The minimum atomic E-state index is -0.153. The number of nitrogen functional groups attached to an aromatic ring is 1. The Bertz CT molecular complexity index is 482. The Morgan fingerprint density at radius 1 is 1.65 bits per heavy atom. The predicted octanol–water partition coefficient (Wildman–Crippen LogP) is 1.20. The number of anilines is 1. The number of halogens is 1. The molecular weight excluding hydrogens is 322 g/mol. The fourth-order valence-electron chi connectivity index (χ4n) is 2.50. The molecule has 20 heavy (non-hydrogen) atoms. The second kappa shape index (κ2) is 7.01. The molecule has 110 valence electrons. The van der Waals surface area contributed by atoms with Gasteiger partial charge < -0.3 is 15.6 Å². The molecule has 2 rings (SSSR count). The summed E-state index contributed by atoms with van der Waals surface area (Å²) in [5.41, 5.74) is 2.90. The van der Waals surface area contributed by atoms with Crippen LogP contribution in [0, 0.1) is 5.92 Å². The van der Waals surface area contributed by atoms with Gasteiger partial charge in [-0.25, -0.2) is 10.8 Å². The largest absolute Gasteiger partial charge is 0.352 e. The smallest absolute Gasteiger partial charge is 0.255 e. The SMILES string of the molecule is CN1CCCC(CNC(=O)c2cc(Br)cnc2NN)C1. The van der Waals surface area contributed by atoms with E-state index in [4.69, 9.17) is 5.84 Å². The van der Waals surface area contributed by atoms with Crippen molar-refractivity contribution in [2.24, 2.45) is 11.8 Å². The molecular formula is C13H20BrN5O. The monoisotopic (exact) mass is 341 g/mol. The van der Waals surface area contributed by atoms with E-state index >= 15 is 0 Å². The number of amides is 1. The third-order valence-electron chi connectivity index (χ3n) is 3.51. The van der Waals surface area contributed by atoms with Gasteiger partial charge in [-0.1, -0.05) is 0 Å². The molecule has 0 bridgehead atoms. The average molecular weight is 342 g/mol. The summed E-state index contributed by atoms with van der Waals surface area (Å²) >= 11 is 3.31. The third kappa shape index (κ3) is 3.91. The molecule has 1 atom stereocenters. The summed E-state index contributed by atoms with van der Waals surface area (Å²) in [6.07, 6.45) is 3.94. The van der Waals surface area contributed by atoms with E-state index in [9.17, 15) is 4.79 Å². The van der Waals surface area contributed by atoms with Crippen LogP contribution in [0.25, 0.3) is 0 Å². The molecule has 1 aromatic heterocycles. The van der Waals surface area contributed by atoms with Crippen molar-refractivity contribution < 1.29 is 4.79 Å². The zero-order valence-corrected chi connectivity index (χ0v) is 13.1. The lowest BCUT2D eigenvalue weighted by Crippen LogP contribution is -2.39. The van der Waals surface area contributed by atoms with Gasteiger partial charge in [-0.15, -0.1) is 0 Å². The first-order valence-electron chi connectivity index (χ1n) is 6.69. The molecule has 1 aromatic rings. The highest BCUT2D eigenvalue weighted by Crippen LogP contribution is 2.18. The first-order chi connectivity index (χ1) is 9.60. The second-order valence-electron chi connectivity index (χ2n) is 5.17. The molecule has 0 saturated carbocycles. The first kappa shape index (κ1) is 15.2. The number of nitrogens with zero attached hydrogens (tertiary/aromatic N) is 2. The number of carbonyl (C=O) groups is 1. The van der Waals surface area contributed by atoms with Crippen molar-refractivity contribution >= 4 is 27.7 Å². The molecule has 6 nitrogen and oxygen atoms in total. The van der Waals surface area contributed by atoms with Crippen LogP contribution in [0.3, 0.4) is 0 Å². The molecule has 0 aliphatic carbocycles. The maximum atomic E-state index is 12.2. The van der Waals surface area contributed by atoms with Crippen molar-refractivity contribution in [2.75, 3.05) is 32.1 Å². The molecule has 0 spiro atoms. The third-order valence-corrected chi connectivity index (χ3v) is 3.94. The zero-order valence-electron chi connectivity index (χ0n) is 11.5. The number of hydrogen-bond donors (Lipinski definition) is 3. The van der Waals surface area contributed by atoms with Crippen molar-refractivity contribution in [3.05, 3.63) is 22.3 Å². The maximum absolute atomic E-state index is 12.2. The lowest BCUT2D eigenvalue weighted by atomic mass is 9.98. The van der Waals surface area contributed by atoms with Gasteiger partial charge in [0, 0.05) is 23.8 Å². The molecule has 0 radical (unpaired) electrons. The summed E-state index contributed by atoms with van der Waals surface area (Å²) in [5, 5.41) is 2.97. The van der Waals surface area contributed by atoms with Crippen LogP contribution in [-0.4, -0.2) is 42.5 Å². The lowest BCUT2D eigenvalue weighted by Gasteiger charge is -2.29. The second-order valence-corrected chi connectivity index (χ2v) is 6.09. The Morgan fingerprint density at radius 2 is 2.45 bits per heavy atom. The van der Waals surface area contributed by atoms with E-state index in [0.717, 1.165) is 24.0 Å². The number of nitrogens with two attached hydrogens (primary N) is 1. The minimum absolute atomic E-state index is 0.153. The van der Waals surface area contributed by atoms with Crippen molar-refractivity contribution in [3.8, 4) is 0 Å². The van der Waals surface area contributed by atoms with Gasteiger partial charge in [0.2, 0.25) is 0 Å². The van der Waals surface area contributed by atoms with Crippen molar-refractivity contribution in [3.63, 3.8) is 0 Å². The van der Waals surface area contributed by atoms with Gasteiger partial charge in [0.15, 0.2) is 5.82 Å². The van der Waals surface area contributed by atoms with Crippen LogP contribution in [-0.2, 0) is 0 Å². The highest BCUT2D eigenvalue weighted by molar-refractivity contribution is 9.10. The quantitative estimate of drug-likeness (QED) is 0.566. The van der Waals surface area contributed by atoms with E-state index in [1.165, 1.54) is 6.42 Å².